The van der Waals surface area contributed by atoms with Crippen molar-refractivity contribution in [2.45, 2.75) is 32.1 Å². The summed E-state index contributed by atoms with van der Waals surface area (Å²) in [6.45, 7) is 3.82. The van der Waals surface area contributed by atoms with Crippen LogP contribution in [-0.2, 0) is 4.79 Å². The molecule has 29 heavy (non-hydrogen) atoms. The van der Waals surface area contributed by atoms with Gasteiger partial charge in [-0.2, -0.15) is 0 Å². The molecule has 0 bridgehead atoms. The summed E-state index contributed by atoms with van der Waals surface area (Å²) in [7, 11) is 1.52. The van der Waals surface area contributed by atoms with Crippen LogP contribution in [0.3, 0.4) is 0 Å². The Balaban J connectivity index is 1.75. The van der Waals surface area contributed by atoms with Gasteiger partial charge in [0.2, 0.25) is 0 Å². The van der Waals surface area contributed by atoms with Crippen LogP contribution < -0.4 is 15.5 Å². The summed E-state index contributed by atoms with van der Waals surface area (Å²) < 4.78 is 0. The number of anilines is 1. The molecule has 1 spiro atoms. The van der Waals surface area contributed by atoms with Crippen LogP contribution in [0.2, 0.25) is 5.02 Å². The summed E-state index contributed by atoms with van der Waals surface area (Å²) in [5.74, 6) is -0.0426. The van der Waals surface area contributed by atoms with Crippen LogP contribution in [0.25, 0.3) is 0 Å². The Morgan fingerprint density at radius 3 is 2.55 bits per heavy atom. The molecule has 2 heterocycles. The zero-order valence-corrected chi connectivity index (χ0v) is 17.6. The lowest BCUT2D eigenvalue weighted by molar-refractivity contribution is -0.107. The number of nitrogens with zero attached hydrogens (tertiary/aromatic N) is 2. The molecule has 2 saturated heterocycles. The van der Waals surface area contributed by atoms with Crippen molar-refractivity contribution in [3.05, 3.63) is 28.8 Å². The minimum atomic E-state index is -0.371. The molecule has 0 atom stereocenters. The van der Waals surface area contributed by atoms with Gasteiger partial charge < -0.3 is 20.3 Å². The first-order chi connectivity index (χ1) is 14.0. The molecule has 2 aliphatic heterocycles. The van der Waals surface area contributed by atoms with Crippen molar-refractivity contribution in [3.63, 3.8) is 0 Å². The van der Waals surface area contributed by atoms with Crippen molar-refractivity contribution in [3.8, 4) is 0 Å². The van der Waals surface area contributed by atoms with Crippen molar-refractivity contribution in [1.82, 2.24) is 15.5 Å². The Morgan fingerprint density at radius 2 is 1.93 bits per heavy atom. The van der Waals surface area contributed by atoms with Gasteiger partial charge in [-0.3, -0.25) is 9.69 Å². The average Bonchev–Trinajstić information content (AvgIpc) is 2.75. The van der Waals surface area contributed by atoms with Crippen LogP contribution >= 0.6 is 11.6 Å². The number of likely N-dealkylation sites (tertiary alicyclic amines) is 1. The van der Waals surface area contributed by atoms with Gasteiger partial charge in [0.1, 0.15) is 6.29 Å². The van der Waals surface area contributed by atoms with Gasteiger partial charge in [-0.25, -0.2) is 4.79 Å². The predicted molar refractivity (Wildman–Crippen MR) is 114 cm³/mol. The van der Waals surface area contributed by atoms with E-state index < -0.39 is 0 Å². The SMILES string of the molecule is CNC(=O)N(CCC=O)c1cc(C(=O)N2CCC3(CCNCC3)CC2)ccc1Cl. The number of carbonyl (C=O) groups is 3. The Hall–Kier alpha value is -2.12. The number of aldehydes is 1. The van der Waals surface area contributed by atoms with E-state index in [2.05, 4.69) is 10.6 Å². The molecule has 0 saturated carbocycles. The Morgan fingerprint density at radius 1 is 1.24 bits per heavy atom. The molecular formula is C21H29ClN4O3. The highest BCUT2D eigenvalue weighted by atomic mass is 35.5. The number of hydrogen-bond acceptors (Lipinski definition) is 4. The maximum absolute atomic E-state index is 13.1. The van der Waals surface area contributed by atoms with Crippen molar-refractivity contribution in [2.75, 3.05) is 44.7 Å². The maximum Gasteiger partial charge on any atom is 0.321 e. The lowest BCUT2D eigenvalue weighted by atomic mass is 9.71. The monoisotopic (exact) mass is 420 g/mol. The summed E-state index contributed by atoms with van der Waals surface area (Å²) in [5.41, 5.74) is 1.31. The van der Waals surface area contributed by atoms with Gasteiger partial charge in [0.25, 0.3) is 5.91 Å². The van der Waals surface area contributed by atoms with E-state index in [1.54, 1.807) is 18.2 Å². The Kier molecular flexibility index (Phi) is 7.14. The minimum absolute atomic E-state index is 0.0426. The molecule has 1 aromatic rings. The molecule has 0 unspecified atom stereocenters. The lowest BCUT2D eigenvalue weighted by Gasteiger charge is -2.44. The third-order valence-corrected chi connectivity index (χ3v) is 6.51. The van der Waals surface area contributed by atoms with Gasteiger partial charge in [0.05, 0.1) is 10.7 Å². The van der Waals surface area contributed by atoms with Gasteiger partial charge >= 0.3 is 6.03 Å². The second-order valence-electron chi connectivity index (χ2n) is 7.87. The van der Waals surface area contributed by atoms with Crippen molar-refractivity contribution >= 4 is 35.5 Å². The number of halogens is 1. The second kappa shape index (κ2) is 9.59. The number of nitrogens with one attached hydrogen (secondary N) is 2. The van der Waals surface area contributed by atoms with E-state index in [-0.39, 0.29) is 24.9 Å². The third-order valence-electron chi connectivity index (χ3n) is 6.19. The fourth-order valence-electron chi connectivity index (χ4n) is 4.32. The van der Waals surface area contributed by atoms with Crippen LogP contribution in [0.15, 0.2) is 18.2 Å². The third kappa shape index (κ3) is 4.90. The van der Waals surface area contributed by atoms with E-state index in [4.69, 9.17) is 11.6 Å². The summed E-state index contributed by atoms with van der Waals surface area (Å²) in [6, 6.07) is 4.62. The molecule has 158 valence electrons. The van der Waals surface area contributed by atoms with E-state index in [1.165, 1.54) is 24.8 Å². The first-order valence-electron chi connectivity index (χ1n) is 10.2. The Labute approximate surface area is 176 Å². The van der Waals surface area contributed by atoms with Crippen molar-refractivity contribution < 1.29 is 14.4 Å². The first-order valence-corrected chi connectivity index (χ1v) is 10.6. The number of amides is 3. The smallest absolute Gasteiger partial charge is 0.321 e. The first kappa shape index (κ1) is 21.6. The quantitative estimate of drug-likeness (QED) is 0.717. The van der Waals surface area contributed by atoms with Gasteiger partial charge in [-0.15, -0.1) is 0 Å². The summed E-state index contributed by atoms with van der Waals surface area (Å²) >= 11 is 6.32. The molecule has 3 rings (SSSR count). The summed E-state index contributed by atoms with van der Waals surface area (Å²) in [6.07, 6.45) is 5.36. The molecule has 2 N–H and O–H groups in total. The highest BCUT2D eigenvalue weighted by Crippen LogP contribution is 2.40. The van der Waals surface area contributed by atoms with Crippen LogP contribution in [0.1, 0.15) is 42.5 Å². The number of carbonyl (C=O) groups excluding carboxylic acids is 3. The molecule has 0 radical (unpaired) electrons. The zero-order chi connectivity index (χ0) is 20.9. The molecule has 2 fully saturated rings. The molecule has 2 aliphatic rings. The number of hydrogen-bond donors (Lipinski definition) is 2. The van der Waals surface area contributed by atoms with E-state index in [1.807, 2.05) is 4.90 Å². The van der Waals surface area contributed by atoms with Crippen LogP contribution in [0.5, 0.6) is 0 Å². The number of piperidine rings is 2. The average molecular weight is 421 g/mol. The van der Waals surface area contributed by atoms with E-state index in [0.717, 1.165) is 45.3 Å². The van der Waals surface area contributed by atoms with Crippen LogP contribution in [0, 0.1) is 5.41 Å². The van der Waals surface area contributed by atoms with E-state index in [0.29, 0.717) is 21.7 Å². The predicted octanol–water partition coefficient (Wildman–Crippen LogP) is 2.68. The molecule has 7 nitrogen and oxygen atoms in total. The molecule has 0 aromatic heterocycles. The molecule has 0 aliphatic carbocycles. The van der Waals surface area contributed by atoms with Gasteiger partial charge in [-0.05, 0) is 62.4 Å². The maximum atomic E-state index is 13.1. The highest BCUT2D eigenvalue weighted by molar-refractivity contribution is 6.34. The number of urea groups is 1. The lowest BCUT2D eigenvalue weighted by Crippen LogP contribution is -2.47. The van der Waals surface area contributed by atoms with Crippen LogP contribution in [-0.4, -0.2) is 62.9 Å². The molecular weight excluding hydrogens is 392 g/mol. The Bertz CT molecular complexity index is 754. The minimum Gasteiger partial charge on any atom is -0.341 e. The highest BCUT2D eigenvalue weighted by Gasteiger charge is 2.37. The molecule has 1 aromatic carbocycles. The number of benzene rings is 1. The van der Waals surface area contributed by atoms with Gasteiger partial charge in [-0.1, -0.05) is 11.6 Å². The van der Waals surface area contributed by atoms with Crippen LogP contribution in [0.4, 0.5) is 10.5 Å². The fraction of sp³-hybridized carbons (Fsp3) is 0.571. The topological polar surface area (TPSA) is 81.8 Å². The van der Waals surface area contributed by atoms with Crippen molar-refractivity contribution in [2.24, 2.45) is 5.41 Å². The van der Waals surface area contributed by atoms with Gasteiger partial charge in [0.15, 0.2) is 0 Å². The fourth-order valence-corrected chi connectivity index (χ4v) is 4.54. The second-order valence-corrected chi connectivity index (χ2v) is 8.28. The molecule has 8 heteroatoms. The summed E-state index contributed by atoms with van der Waals surface area (Å²) in [5, 5.41) is 6.34. The van der Waals surface area contributed by atoms with E-state index >= 15 is 0 Å². The summed E-state index contributed by atoms with van der Waals surface area (Å²) in [4.78, 5) is 39.5. The number of rotatable bonds is 5. The zero-order valence-electron chi connectivity index (χ0n) is 16.9. The normalized spacial score (nSPS) is 18.3. The van der Waals surface area contributed by atoms with Crippen molar-refractivity contribution in [1.29, 1.82) is 0 Å². The molecule has 3 amide bonds. The van der Waals surface area contributed by atoms with E-state index in [9.17, 15) is 14.4 Å². The standard InChI is InChI=1S/C21H29ClN4O3/c1-23-20(29)26(11-2-14-27)18-15-16(3-4-17(18)22)19(28)25-12-7-21(8-13-25)5-9-24-10-6-21/h3-4,14-15,24H,2,5-13H2,1H3,(H,23,29). The van der Waals surface area contributed by atoms with Gasteiger partial charge in [0, 0.05) is 38.7 Å². The largest absolute Gasteiger partial charge is 0.341 e.